The molecule has 0 saturated carbocycles. The van der Waals surface area contributed by atoms with Gasteiger partial charge in [0.15, 0.2) is 0 Å². The lowest BCUT2D eigenvalue weighted by molar-refractivity contribution is 0.408. The largest absolute Gasteiger partial charge is 0.496 e. The molecule has 0 aliphatic heterocycles. The summed E-state index contributed by atoms with van der Waals surface area (Å²) < 4.78 is 5.20. The van der Waals surface area contributed by atoms with Gasteiger partial charge in [0.1, 0.15) is 11.8 Å². The van der Waals surface area contributed by atoms with E-state index in [1.54, 1.807) is 19.2 Å². The Morgan fingerprint density at radius 2 is 2.07 bits per heavy atom. The first-order chi connectivity index (χ1) is 6.60. The number of anilines is 1. The molecule has 0 bridgehead atoms. The van der Waals surface area contributed by atoms with Crippen LogP contribution in [-0.4, -0.2) is 7.11 Å². The summed E-state index contributed by atoms with van der Waals surface area (Å²) in [6, 6.07) is 5.55. The first-order valence-electron chi connectivity index (χ1n) is 4.47. The zero-order valence-electron chi connectivity index (χ0n) is 8.66. The number of hydrogen-bond donors (Lipinski definition) is 1. The highest BCUT2D eigenvalue weighted by molar-refractivity contribution is 5.60. The molecule has 0 fully saturated rings. The fraction of sp³-hybridized carbons (Fsp3) is 0.364. The van der Waals surface area contributed by atoms with E-state index in [-0.39, 0.29) is 0 Å². The van der Waals surface area contributed by atoms with E-state index in [4.69, 9.17) is 15.7 Å². The highest BCUT2D eigenvalue weighted by Crippen LogP contribution is 2.30. The topological polar surface area (TPSA) is 59.0 Å². The second-order valence-electron chi connectivity index (χ2n) is 3.45. The molecule has 0 radical (unpaired) electrons. The molecule has 0 spiro atoms. The van der Waals surface area contributed by atoms with Crippen LogP contribution >= 0.6 is 0 Å². The summed E-state index contributed by atoms with van der Waals surface area (Å²) in [5.41, 5.74) is 7.66. The van der Waals surface area contributed by atoms with Gasteiger partial charge >= 0.3 is 0 Å². The zero-order chi connectivity index (χ0) is 10.7. The van der Waals surface area contributed by atoms with Crippen LogP contribution in [0.4, 0.5) is 5.69 Å². The molecule has 1 rings (SSSR count). The van der Waals surface area contributed by atoms with E-state index in [0.29, 0.717) is 17.2 Å². The van der Waals surface area contributed by atoms with Crippen molar-refractivity contribution in [2.75, 3.05) is 12.8 Å². The Balaban J connectivity index is 3.34. The second-order valence-corrected chi connectivity index (χ2v) is 3.45. The van der Waals surface area contributed by atoms with Gasteiger partial charge in [0.2, 0.25) is 0 Å². The number of hydrogen-bond acceptors (Lipinski definition) is 3. The third-order valence-corrected chi connectivity index (χ3v) is 2.14. The lowest BCUT2D eigenvalue weighted by atomic mass is 9.99. The monoisotopic (exact) mass is 190 g/mol. The number of nitrogen functional groups attached to an aromatic ring is 1. The molecule has 0 aromatic heterocycles. The van der Waals surface area contributed by atoms with Gasteiger partial charge in [-0.25, -0.2) is 0 Å². The Kier molecular flexibility index (Phi) is 2.98. The van der Waals surface area contributed by atoms with Gasteiger partial charge in [-0.1, -0.05) is 13.8 Å². The van der Waals surface area contributed by atoms with Gasteiger partial charge in [0, 0.05) is 6.07 Å². The van der Waals surface area contributed by atoms with Crippen LogP contribution in [0.25, 0.3) is 0 Å². The minimum absolute atomic E-state index is 0.317. The van der Waals surface area contributed by atoms with Gasteiger partial charge in [0.25, 0.3) is 0 Å². The van der Waals surface area contributed by atoms with Gasteiger partial charge in [-0.05, 0) is 17.5 Å². The lowest BCUT2D eigenvalue weighted by Gasteiger charge is -2.13. The fourth-order valence-corrected chi connectivity index (χ4v) is 1.34. The second kappa shape index (κ2) is 4.01. The third-order valence-electron chi connectivity index (χ3n) is 2.14. The van der Waals surface area contributed by atoms with E-state index in [2.05, 4.69) is 19.9 Å². The van der Waals surface area contributed by atoms with Crippen LogP contribution in [0.2, 0.25) is 0 Å². The third kappa shape index (κ3) is 1.80. The van der Waals surface area contributed by atoms with Crippen molar-refractivity contribution in [3.63, 3.8) is 0 Å². The summed E-state index contributed by atoms with van der Waals surface area (Å²) in [6.07, 6.45) is 0. The van der Waals surface area contributed by atoms with Crippen molar-refractivity contribution in [1.82, 2.24) is 0 Å². The minimum Gasteiger partial charge on any atom is -0.496 e. The molecule has 0 saturated heterocycles. The van der Waals surface area contributed by atoms with E-state index in [1.807, 2.05) is 0 Å². The molecule has 0 unspecified atom stereocenters. The van der Waals surface area contributed by atoms with Gasteiger partial charge in [-0.15, -0.1) is 0 Å². The number of nitrogens with zero attached hydrogens (tertiary/aromatic N) is 1. The quantitative estimate of drug-likeness (QED) is 0.728. The highest BCUT2D eigenvalue weighted by atomic mass is 16.5. The number of nitrogens with two attached hydrogens (primary N) is 1. The lowest BCUT2D eigenvalue weighted by Crippen LogP contribution is -1.99. The van der Waals surface area contributed by atoms with Crippen LogP contribution in [-0.2, 0) is 0 Å². The Bertz CT molecular complexity index is 378. The molecule has 1 aromatic carbocycles. The Labute approximate surface area is 84.1 Å². The predicted octanol–water partition coefficient (Wildman–Crippen LogP) is 2.27. The van der Waals surface area contributed by atoms with Crippen molar-refractivity contribution in [2.45, 2.75) is 19.8 Å². The SMILES string of the molecule is COc1cc(N)c(C#N)cc1C(C)C. The van der Waals surface area contributed by atoms with Crippen LogP contribution < -0.4 is 10.5 Å². The maximum Gasteiger partial charge on any atom is 0.124 e. The van der Waals surface area contributed by atoms with Crippen molar-refractivity contribution in [1.29, 1.82) is 5.26 Å². The zero-order valence-corrected chi connectivity index (χ0v) is 8.66. The van der Waals surface area contributed by atoms with Crippen molar-refractivity contribution < 1.29 is 4.74 Å². The molecule has 0 amide bonds. The normalized spacial score (nSPS) is 9.93. The molecule has 0 aliphatic rings. The standard InChI is InChI=1S/C11H14N2O/c1-7(2)9-4-8(6-12)10(13)5-11(9)14-3/h4-5,7H,13H2,1-3H3. The average Bonchev–Trinajstić information content (AvgIpc) is 2.16. The van der Waals surface area contributed by atoms with Gasteiger partial charge in [-0.3, -0.25) is 0 Å². The van der Waals surface area contributed by atoms with E-state index < -0.39 is 0 Å². The maximum absolute atomic E-state index is 8.82. The van der Waals surface area contributed by atoms with Crippen molar-refractivity contribution in [2.24, 2.45) is 0 Å². The van der Waals surface area contributed by atoms with Crippen LogP contribution in [0.3, 0.4) is 0 Å². The molecule has 14 heavy (non-hydrogen) atoms. The summed E-state index contributed by atoms with van der Waals surface area (Å²) in [5.74, 6) is 1.06. The number of rotatable bonds is 2. The van der Waals surface area contributed by atoms with Crippen molar-refractivity contribution in [3.8, 4) is 11.8 Å². The first-order valence-corrected chi connectivity index (χ1v) is 4.47. The number of benzene rings is 1. The van der Waals surface area contributed by atoms with Crippen LogP contribution in [0.15, 0.2) is 12.1 Å². The maximum atomic E-state index is 8.82. The van der Waals surface area contributed by atoms with E-state index in [9.17, 15) is 0 Å². The van der Waals surface area contributed by atoms with Crippen LogP contribution in [0, 0.1) is 11.3 Å². The summed E-state index contributed by atoms with van der Waals surface area (Å²) >= 11 is 0. The molecule has 0 atom stereocenters. The predicted molar refractivity (Wildman–Crippen MR) is 56.2 cm³/mol. The summed E-state index contributed by atoms with van der Waals surface area (Å²) in [6.45, 7) is 4.10. The van der Waals surface area contributed by atoms with Crippen LogP contribution in [0.1, 0.15) is 30.9 Å². The van der Waals surface area contributed by atoms with E-state index in [1.165, 1.54) is 0 Å². The van der Waals surface area contributed by atoms with Crippen molar-refractivity contribution in [3.05, 3.63) is 23.3 Å². The molecule has 74 valence electrons. The first kappa shape index (κ1) is 10.4. The number of nitriles is 1. The summed E-state index contributed by atoms with van der Waals surface area (Å²) in [4.78, 5) is 0. The number of ether oxygens (including phenoxy) is 1. The Morgan fingerprint density at radius 3 is 2.50 bits per heavy atom. The van der Waals surface area contributed by atoms with Crippen LogP contribution in [0.5, 0.6) is 5.75 Å². The Morgan fingerprint density at radius 1 is 1.43 bits per heavy atom. The minimum atomic E-state index is 0.317. The Hall–Kier alpha value is -1.69. The fourth-order valence-electron chi connectivity index (χ4n) is 1.34. The van der Waals surface area contributed by atoms with Gasteiger partial charge in [-0.2, -0.15) is 5.26 Å². The molecule has 1 aromatic rings. The summed E-state index contributed by atoms with van der Waals surface area (Å²) in [7, 11) is 1.60. The number of methoxy groups -OCH3 is 1. The van der Waals surface area contributed by atoms with Gasteiger partial charge < -0.3 is 10.5 Å². The molecule has 0 aliphatic carbocycles. The summed E-state index contributed by atoms with van der Waals surface area (Å²) in [5, 5.41) is 8.82. The molecular formula is C11H14N2O. The molecule has 0 heterocycles. The van der Waals surface area contributed by atoms with Crippen molar-refractivity contribution >= 4 is 5.69 Å². The molecule has 3 nitrogen and oxygen atoms in total. The van der Waals surface area contributed by atoms with E-state index in [0.717, 1.165) is 11.3 Å². The van der Waals surface area contributed by atoms with Gasteiger partial charge in [0.05, 0.1) is 18.4 Å². The molecular weight excluding hydrogens is 176 g/mol. The average molecular weight is 190 g/mol. The smallest absolute Gasteiger partial charge is 0.124 e. The molecule has 3 heteroatoms. The molecule has 2 N–H and O–H groups in total. The highest BCUT2D eigenvalue weighted by Gasteiger charge is 2.10. The van der Waals surface area contributed by atoms with E-state index >= 15 is 0 Å².